The topological polar surface area (TPSA) is 108 Å². The van der Waals surface area contributed by atoms with Crippen LogP contribution in [0.3, 0.4) is 0 Å². The molecule has 8 heteroatoms. The van der Waals surface area contributed by atoms with E-state index in [4.69, 9.17) is 25.8 Å². The van der Waals surface area contributed by atoms with Crippen LogP contribution in [0.25, 0.3) is 0 Å². The fourth-order valence-electron chi connectivity index (χ4n) is 2.31. The van der Waals surface area contributed by atoms with Gasteiger partial charge < -0.3 is 20.9 Å². The van der Waals surface area contributed by atoms with E-state index in [0.717, 1.165) is 5.56 Å². The molecule has 0 amide bonds. The van der Waals surface area contributed by atoms with Crippen LogP contribution in [0.15, 0.2) is 28.2 Å². The van der Waals surface area contributed by atoms with Gasteiger partial charge in [-0.15, -0.1) is 0 Å². The molecule has 1 aromatic rings. The SMILES string of the molecule is COc1ccc(CCON2C(N)=NC(N)=NC2(C)C)cc1OC. The van der Waals surface area contributed by atoms with E-state index >= 15 is 0 Å². The molecule has 126 valence electrons. The van der Waals surface area contributed by atoms with E-state index in [-0.39, 0.29) is 11.9 Å². The number of nitrogens with zero attached hydrogens (tertiary/aromatic N) is 3. The van der Waals surface area contributed by atoms with Crippen LogP contribution in [0.2, 0.25) is 0 Å². The highest BCUT2D eigenvalue weighted by atomic mass is 16.7. The lowest BCUT2D eigenvalue weighted by atomic mass is 10.1. The number of hydrogen-bond donors (Lipinski definition) is 2. The minimum Gasteiger partial charge on any atom is -0.493 e. The first-order valence-electron chi connectivity index (χ1n) is 7.21. The minimum atomic E-state index is -0.701. The molecule has 1 aromatic carbocycles. The van der Waals surface area contributed by atoms with Crippen molar-refractivity contribution in [1.29, 1.82) is 0 Å². The van der Waals surface area contributed by atoms with Gasteiger partial charge in [0.1, 0.15) is 0 Å². The molecule has 4 N–H and O–H groups in total. The fourth-order valence-corrected chi connectivity index (χ4v) is 2.31. The zero-order valence-electron chi connectivity index (χ0n) is 13.9. The Balaban J connectivity index is 1.99. The van der Waals surface area contributed by atoms with Crippen molar-refractivity contribution in [3.05, 3.63) is 23.8 Å². The zero-order chi connectivity index (χ0) is 17.0. The first kappa shape index (κ1) is 16.9. The second kappa shape index (κ2) is 6.74. The van der Waals surface area contributed by atoms with Crippen molar-refractivity contribution in [2.75, 3.05) is 20.8 Å². The molecule has 23 heavy (non-hydrogen) atoms. The summed E-state index contributed by atoms with van der Waals surface area (Å²) in [6.07, 6.45) is 0.666. The number of hydrogen-bond acceptors (Lipinski definition) is 8. The van der Waals surface area contributed by atoms with Crippen LogP contribution in [-0.2, 0) is 11.3 Å². The normalized spacial score (nSPS) is 16.6. The molecule has 0 saturated heterocycles. The molecule has 0 aliphatic carbocycles. The lowest BCUT2D eigenvalue weighted by Crippen LogP contribution is -2.53. The van der Waals surface area contributed by atoms with E-state index < -0.39 is 5.66 Å². The van der Waals surface area contributed by atoms with Crippen LogP contribution in [0.5, 0.6) is 11.5 Å². The van der Waals surface area contributed by atoms with Gasteiger partial charge >= 0.3 is 0 Å². The zero-order valence-corrected chi connectivity index (χ0v) is 13.9. The molecule has 0 fully saturated rings. The van der Waals surface area contributed by atoms with E-state index in [1.807, 2.05) is 32.0 Å². The Morgan fingerprint density at radius 2 is 1.83 bits per heavy atom. The molecule has 0 unspecified atom stereocenters. The maximum atomic E-state index is 5.86. The summed E-state index contributed by atoms with van der Waals surface area (Å²) < 4.78 is 10.5. The number of nitrogens with two attached hydrogens (primary N) is 2. The number of guanidine groups is 2. The number of benzene rings is 1. The lowest BCUT2D eigenvalue weighted by Gasteiger charge is -2.36. The van der Waals surface area contributed by atoms with Gasteiger partial charge in [0.15, 0.2) is 17.2 Å². The Kier molecular flexibility index (Phi) is 4.95. The van der Waals surface area contributed by atoms with Crippen molar-refractivity contribution in [3.63, 3.8) is 0 Å². The highest BCUT2D eigenvalue weighted by Crippen LogP contribution is 2.28. The minimum absolute atomic E-state index is 0.146. The van der Waals surface area contributed by atoms with Crippen LogP contribution in [-0.4, -0.2) is 43.5 Å². The molecular weight excluding hydrogens is 298 g/mol. The summed E-state index contributed by atoms with van der Waals surface area (Å²) in [5, 5.41) is 1.46. The lowest BCUT2D eigenvalue weighted by molar-refractivity contribution is -0.156. The van der Waals surface area contributed by atoms with Gasteiger partial charge in [-0.1, -0.05) is 6.07 Å². The number of aliphatic imine (C=N–C) groups is 2. The molecule has 0 bridgehead atoms. The summed E-state index contributed by atoms with van der Waals surface area (Å²) in [6.45, 7) is 4.10. The van der Waals surface area contributed by atoms with Gasteiger partial charge in [-0.3, -0.25) is 4.84 Å². The van der Waals surface area contributed by atoms with Crippen LogP contribution in [0.1, 0.15) is 19.4 Å². The quantitative estimate of drug-likeness (QED) is 0.804. The van der Waals surface area contributed by atoms with E-state index in [1.54, 1.807) is 14.2 Å². The van der Waals surface area contributed by atoms with Crippen molar-refractivity contribution in [2.45, 2.75) is 25.9 Å². The van der Waals surface area contributed by atoms with Gasteiger partial charge in [0.05, 0.1) is 20.8 Å². The molecule has 0 atom stereocenters. The largest absolute Gasteiger partial charge is 0.493 e. The van der Waals surface area contributed by atoms with Gasteiger partial charge in [0.25, 0.3) is 0 Å². The molecule has 8 nitrogen and oxygen atoms in total. The molecule has 1 aliphatic rings. The Morgan fingerprint density at radius 3 is 2.43 bits per heavy atom. The van der Waals surface area contributed by atoms with E-state index in [2.05, 4.69) is 9.98 Å². The van der Waals surface area contributed by atoms with Gasteiger partial charge in [-0.2, -0.15) is 10.1 Å². The second-order valence-corrected chi connectivity index (χ2v) is 5.50. The molecule has 0 aromatic heterocycles. The third-order valence-corrected chi connectivity index (χ3v) is 3.38. The summed E-state index contributed by atoms with van der Waals surface area (Å²) in [6, 6.07) is 5.73. The van der Waals surface area contributed by atoms with Crippen LogP contribution < -0.4 is 20.9 Å². The van der Waals surface area contributed by atoms with Crippen LogP contribution in [0.4, 0.5) is 0 Å². The number of rotatable bonds is 6. The van der Waals surface area contributed by atoms with Crippen LogP contribution in [0, 0.1) is 0 Å². The highest BCUT2D eigenvalue weighted by Gasteiger charge is 2.32. The Hall–Kier alpha value is -2.48. The number of methoxy groups -OCH3 is 2. The molecule has 2 rings (SSSR count). The average Bonchev–Trinajstić information content (AvgIpc) is 2.48. The summed E-state index contributed by atoms with van der Waals surface area (Å²) in [4.78, 5) is 13.9. The van der Waals surface area contributed by atoms with Crippen molar-refractivity contribution in [1.82, 2.24) is 5.06 Å². The third kappa shape index (κ3) is 3.84. The van der Waals surface area contributed by atoms with Gasteiger partial charge in [-0.25, -0.2) is 4.99 Å². The molecular formula is C15H23N5O3. The van der Waals surface area contributed by atoms with Crippen LogP contribution >= 0.6 is 0 Å². The van der Waals surface area contributed by atoms with E-state index in [0.29, 0.717) is 24.5 Å². The molecule has 0 radical (unpaired) electrons. The number of hydroxylamine groups is 2. The van der Waals surface area contributed by atoms with Gasteiger partial charge in [0.2, 0.25) is 11.9 Å². The number of ether oxygens (including phenoxy) is 2. The predicted molar refractivity (Wildman–Crippen MR) is 88.4 cm³/mol. The maximum Gasteiger partial charge on any atom is 0.226 e. The molecule has 0 spiro atoms. The van der Waals surface area contributed by atoms with Crippen molar-refractivity contribution < 1.29 is 14.3 Å². The Morgan fingerprint density at radius 1 is 1.13 bits per heavy atom. The monoisotopic (exact) mass is 321 g/mol. The Labute approximate surface area is 135 Å². The molecule has 0 saturated carbocycles. The highest BCUT2D eigenvalue weighted by molar-refractivity contribution is 5.95. The third-order valence-electron chi connectivity index (χ3n) is 3.38. The van der Waals surface area contributed by atoms with Crippen molar-refractivity contribution in [3.8, 4) is 11.5 Å². The summed E-state index contributed by atoms with van der Waals surface area (Å²) in [5.41, 5.74) is 11.8. The maximum absolute atomic E-state index is 5.86. The standard InChI is InChI=1S/C15H23N5O3/c1-15(2)19-13(16)18-14(17)20(15)23-8-7-10-5-6-11(21-3)12(9-10)22-4/h5-6,9H,7-8H2,1-4H3,(H4,16,17,18,19). The van der Waals surface area contributed by atoms with Crippen molar-refractivity contribution in [2.24, 2.45) is 21.5 Å². The average molecular weight is 321 g/mol. The summed E-state index contributed by atoms with van der Waals surface area (Å²) >= 11 is 0. The first-order chi connectivity index (χ1) is 10.9. The smallest absolute Gasteiger partial charge is 0.226 e. The van der Waals surface area contributed by atoms with Gasteiger partial charge in [0, 0.05) is 0 Å². The fraction of sp³-hybridized carbons (Fsp3) is 0.467. The molecule has 1 heterocycles. The van der Waals surface area contributed by atoms with E-state index in [9.17, 15) is 0 Å². The summed E-state index contributed by atoms with van der Waals surface area (Å²) in [7, 11) is 3.21. The Bertz CT molecular complexity index is 628. The second-order valence-electron chi connectivity index (χ2n) is 5.50. The van der Waals surface area contributed by atoms with E-state index in [1.165, 1.54) is 5.06 Å². The predicted octanol–water partition coefficient (Wildman–Crippen LogP) is 0.859. The first-order valence-corrected chi connectivity index (χ1v) is 7.21. The molecule has 1 aliphatic heterocycles. The summed E-state index contributed by atoms with van der Waals surface area (Å²) in [5.74, 6) is 1.71. The van der Waals surface area contributed by atoms with Crippen molar-refractivity contribution >= 4 is 11.9 Å². The van der Waals surface area contributed by atoms with Gasteiger partial charge in [-0.05, 0) is 38.0 Å².